The zero-order valence-electron chi connectivity index (χ0n) is 20.3. The van der Waals surface area contributed by atoms with Crippen LogP contribution in [0.15, 0.2) is 55.1 Å². The van der Waals surface area contributed by atoms with Crippen LogP contribution in [0.25, 0.3) is 0 Å². The number of amides is 1. The number of ether oxygens (including phenoxy) is 1. The lowest BCUT2D eigenvalue weighted by molar-refractivity contribution is -0.198. The molecule has 2 fully saturated rings. The van der Waals surface area contributed by atoms with E-state index in [9.17, 15) is 15.0 Å². The third-order valence-electron chi connectivity index (χ3n) is 9.27. The highest BCUT2D eigenvalue weighted by molar-refractivity contribution is 5.77. The minimum absolute atomic E-state index is 0.0385. The maximum atomic E-state index is 13.3. The van der Waals surface area contributed by atoms with Crippen molar-refractivity contribution in [2.45, 2.75) is 67.7 Å². The van der Waals surface area contributed by atoms with E-state index in [4.69, 9.17) is 4.74 Å². The Morgan fingerprint density at radius 1 is 1.26 bits per heavy atom. The maximum Gasteiger partial charge on any atom is 0.223 e. The number of aromatic hydroxyl groups is 1. The maximum absolute atomic E-state index is 13.3. The molecule has 2 N–H and O–H groups in total. The predicted octanol–water partition coefficient (Wildman–Crippen LogP) is 3.19. The Morgan fingerprint density at radius 3 is 2.83 bits per heavy atom. The third kappa shape index (κ3) is 3.06. The summed E-state index contributed by atoms with van der Waals surface area (Å²) >= 11 is 0. The molecule has 1 amide bonds. The van der Waals surface area contributed by atoms with Gasteiger partial charge in [-0.05, 0) is 55.8 Å². The van der Waals surface area contributed by atoms with Crippen LogP contribution >= 0.6 is 0 Å². The van der Waals surface area contributed by atoms with Gasteiger partial charge in [0.25, 0.3) is 0 Å². The van der Waals surface area contributed by atoms with Gasteiger partial charge in [-0.1, -0.05) is 42.5 Å². The Hall–Kier alpha value is -2.83. The van der Waals surface area contributed by atoms with Gasteiger partial charge >= 0.3 is 0 Å². The molecule has 2 aromatic carbocycles. The fourth-order valence-electron chi connectivity index (χ4n) is 7.64. The summed E-state index contributed by atoms with van der Waals surface area (Å²) < 4.78 is 6.57. The van der Waals surface area contributed by atoms with Crippen molar-refractivity contribution in [1.82, 2.24) is 9.80 Å². The summed E-state index contributed by atoms with van der Waals surface area (Å²) in [6, 6.07) is 13.6. The van der Waals surface area contributed by atoms with Crippen molar-refractivity contribution in [2.75, 3.05) is 20.1 Å². The molecule has 0 unspecified atom stereocenters. The van der Waals surface area contributed by atoms with Crippen LogP contribution in [0.2, 0.25) is 0 Å². The first-order valence-corrected chi connectivity index (χ1v) is 12.8. The van der Waals surface area contributed by atoms with E-state index in [1.54, 1.807) is 6.07 Å². The molecule has 0 aromatic heterocycles. The molecule has 184 valence electrons. The van der Waals surface area contributed by atoms with Crippen molar-refractivity contribution in [2.24, 2.45) is 0 Å². The third-order valence-corrected chi connectivity index (χ3v) is 9.27. The number of rotatable bonds is 6. The number of piperidine rings is 1. The van der Waals surface area contributed by atoms with Crippen molar-refractivity contribution in [1.29, 1.82) is 0 Å². The zero-order chi connectivity index (χ0) is 24.4. The summed E-state index contributed by atoms with van der Waals surface area (Å²) in [5.74, 6) is 0.721. The largest absolute Gasteiger partial charge is 0.504 e. The number of hydrogen-bond acceptors (Lipinski definition) is 5. The van der Waals surface area contributed by atoms with Crippen molar-refractivity contribution in [3.8, 4) is 11.5 Å². The van der Waals surface area contributed by atoms with E-state index in [2.05, 4.69) is 11.5 Å². The molecule has 1 spiro atoms. The molecule has 6 heteroatoms. The van der Waals surface area contributed by atoms with Crippen LogP contribution in [0.3, 0.4) is 0 Å². The van der Waals surface area contributed by atoms with Gasteiger partial charge in [-0.2, -0.15) is 0 Å². The molecule has 2 aromatic rings. The molecule has 0 radical (unpaired) electrons. The summed E-state index contributed by atoms with van der Waals surface area (Å²) in [7, 11) is 1.87. The molecule has 35 heavy (non-hydrogen) atoms. The first-order chi connectivity index (χ1) is 16.9. The second-order valence-corrected chi connectivity index (χ2v) is 10.7. The van der Waals surface area contributed by atoms with Crippen LogP contribution in [0.5, 0.6) is 11.5 Å². The summed E-state index contributed by atoms with van der Waals surface area (Å²) in [6.07, 6.45) is 5.36. The Labute approximate surface area is 206 Å². The molecular weight excluding hydrogens is 440 g/mol. The summed E-state index contributed by atoms with van der Waals surface area (Å²) in [6.45, 7) is 5.49. The number of benzene rings is 2. The molecule has 2 heterocycles. The highest BCUT2D eigenvalue weighted by Gasteiger charge is 2.73. The number of carbonyl (C=O) groups excluding carboxylic acids is 1. The number of aliphatic hydroxyl groups is 1. The zero-order valence-corrected chi connectivity index (χ0v) is 20.3. The minimum Gasteiger partial charge on any atom is -0.504 e. The molecule has 2 bridgehead atoms. The second kappa shape index (κ2) is 8.10. The molecule has 2 aliphatic carbocycles. The first kappa shape index (κ1) is 22.6. The van der Waals surface area contributed by atoms with Crippen LogP contribution < -0.4 is 4.74 Å². The van der Waals surface area contributed by atoms with Crippen LogP contribution in [0.4, 0.5) is 0 Å². The normalized spacial score (nSPS) is 32.5. The number of nitrogens with zero attached hydrogens (tertiary/aromatic N) is 2. The van der Waals surface area contributed by atoms with Crippen molar-refractivity contribution >= 4 is 5.91 Å². The molecule has 1 saturated carbocycles. The van der Waals surface area contributed by atoms with Crippen molar-refractivity contribution < 1.29 is 19.7 Å². The lowest BCUT2D eigenvalue weighted by atomic mass is 9.48. The Bertz CT molecular complexity index is 1170. The number of phenols is 1. The molecule has 1 saturated heterocycles. The van der Waals surface area contributed by atoms with Gasteiger partial charge in [0.1, 0.15) is 6.10 Å². The van der Waals surface area contributed by atoms with E-state index in [1.807, 2.05) is 54.4 Å². The van der Waals surface area contributed by atoms with E-state index >= 15 is 0 Å². The van der Waals surface area contributed by atoms with E-state index in [1.165, 1.54) is 0 Å². The summed E-state index contributed by atoms with van der Waals surface area (Å²) in [5.41, 5.74) is 1.66. The van der Waals surface area contributed by atoms with E-state index in [0.717, 1.165) is 42.6 Å². The van der Waals surface area contributed by atoms with Crippen molar-refractivity contribution in [3.05, 3.63) is 71.8 Å². The number of carbonyl (C=O) groups is 1. The quantitative estimate of drug-likeness (QED) is 0.629. The molecule has 5 atom stereocenters. The van der Waals surface area contributed by atoms with Gasteiger partial charge in [-0.15, -0.1) is 6.58 Å². The Balaban J connectivity index is 1.36. The number of hydrogen-bond donors (Lipinski definition) is 2. The smallest absolute Gasteiger partial charge is 0.223 e. The van der Waals surface area contributed by atoms with E-state index in [0.29, 0.717) is 31.4 Å². The summed E-state index contributed by atoms with van der Waals surface area (Å²) in [5, 5.41) is 23.2. The van der Waals surface area contributed by atoms with E-state index < -0.39 is 11.0 Å². The average Bonchev–Trinajstić information content (AvgIpc) is 3.22. The van der Waals surface area contributed by atoms with Gasteiger partial charge in [0.15, 0.2) is 11.5 Å². The standard InChI is InChI=1S/C29H34N2O4/c1-3-16-31-17-15-28-25-20-10-11-22(32)26(25)35-27(28)21(13-14-29(28,34)23(31)18-20)30(2)24(33)12-9-19-7-5-4-6-8-19/h3-8,10-11,21,23,27,32,34H,1,9,12-18H2,2H3/t21-,23-,27+,28+,29-/m1/s1. The lowest BCUT2D eigenvalue weighted by Gasteiger charge is -2.64. The van der Waals surface area contributed by atoms with Crippen molar-refractivity contribution in [3.63, 3.8) is 0 Å². The fourth-order valence-corrected chi connectivity index (χ4v) is 7.64. The highest BCUT2D eigenvalue weighted by atomic mass is 16.5. The Morgan fingerprint density at radius 2 is 2.06 bits per heavy atom. The number of phenolic OH excluding ortho intramolecular Hbond substituents is 1. The van der Waals surface area contributed by atoms with Gasteiger partial charge in [-0.3, -0.25) is 9.69 Å². The van der Waals surface area contributed by atoms with Gasteiger partial charge in [0.2, 0.25) is 5.91 Å². The number of aryl methyl sites for hydroxylation is 1. The SMILES string of the molecule is C=CCN1CC[C@]23c4c5ccc(O)c4O[C@H]2[C@H](N(C)C(=O)CCc2ccccc2)CC[C@@]3(O)[C@H]1C5. The van der Waals surface area contributed by atoms with Crippen LogP contribution in [0, 0.1) is 0 Å². The number of likely N-dealkylation sites (tertiary alicyclic amines) is 1. The highest BCUT2D eigenvalue weighted by Crippen LogP contribution is 2.65. The van der Waals surface area contributed by atoms with Crippen LogP contribution in [-0.2, 0) is 23.1 Å². The molecular formula is C29H34N2O4. The fraction of sp³-hybridized carbons (Fsp3) is 0.483. The predicted molar refractivity (Wildman–Crippen MR) is 134 cm³/mol. The Kier molecular flexibility index (Phi) is 5.24. The van der Waals surface area contributed by atoms with Crippen LogP contribution in [-0.4, -0.2) is 69.8 Å². The van der Waals surface area contributed by atoms with Gasteiger partial charge < -0.3 is 19.8 Å². The van der Waals surface area contributed by atoms with Gasteiger partial charge in [0, 0.05) is 31.6 Å². The molecule has 2 aliphatic heterocycles. The summed E-state index contributed by atoms with van der Waals surface area (Å²) in [4.78, 5) is 17.5. The minimum atomic E-state index is -0.977. The average molecular weight is 475 g/mol. The topological polar surface area (TPSA) is 73.2 Å². The molecule has 6 nitrogen and oxygen atoms in total. The monoisotopic (exact) mass is 474 g/mol. The van der Waals surface area contributed by atoms with Crippen LogP contribution in [0.1, 0.15) is 42.4 Å². The van der Waals surface area contributed by atoms with Gasteiger partial charge in [0.05, 0.1) is 17.1 Å². The first-order valence-electron chi connectivity index (χ1n) is 12.8. The second-order valence-electron chi connectivity index (χ2n) is 10.7. The lowest BCUT2D eigenvalue weighted by Crippen LogP contribution is -2.78. The molecule has 4 aliphatic rings. The van der Waals surface area contributed by atoms with E-state index in [-0.39, 0.29) is 29.8 Å². The molecule has 6 rings (SSSR count). The number of likely N-dealkylation sites (N-methyl/N-ethyl adjacent to an activating group) is 1. The van der Waals surface area contributed by atoms with Gasteiger partial charge in [-0.25, -0.2) is 0 Å².